The molecule has 0 spiro atoms. The summed E-state index contributed by atoms with van der Waals surface area (Å²) in [6.07, 6.45) is 1.51. The largest absolute Gasteiger partial charge is 0.293 e. The predicted octanol–water partition coefficient (Wildman–Crippen LogP) is 5.36. The van der Waals surface area contributed by atoms with Gasteiger partial charge in [0.15, 0.2) is 5.78 Å². The van der Waals surface area contributed by atoms with Crippen molar-refractivity contribution in [3.05, 3.63) is 45.8 Å². The molecule has 0 aliphatic rings. The van der Waals surface area contributed by atoms with Crippen LogP contribution in [0.15, 0.2) is 30.3 Å². The second-order valence-electron chi connectivity index (χ2n) is 4.25. The maximum Gasteiger partial charge on any atom is 0.172 e. The van der Waals surface area contributed by atoms with Crippen molar-refractivity contribution in [2.24, 2.45) is 0 Å². The molecule has 0 atom stereocenters. The topological polar surface area (TPSA) is 17.1 Å². The van der Waals surface area contributed by atoms with E-state index in [0.717, 1.165) is 32.3 Å². The number of thiophene rings is 1. The zero-order chi connectivity index (χ0) is 13.1. The van der Waals surface area contributed by atoms with Gasteiger partial charge < -0.3 is 0 Å². The first-order valence-corrected chi connectivity index (χ1v) is 7.21. The molecule has 0 radical (unpaired) electrons. The van der Waals surface area contributed by atoms with Crippen molar-refractivity contribution < 1.29 is 4.79 Å². The Bertz CT molecular complexity index is 572. The fourth-order valence-electron chi connectivity index (χ4n) is 1.86. The SMILES string of the molecule is CCCC(=O)c1ccc(-c2cccc(Cl)c2C)s1. The van der Waals surface area contributed by atoms with Crippen molar-refractivity contribution in [2.45, 2.75) is 26.7 Å². The molecule has 1 nitrogen and oxygen atoms in total. The molecular formula is C15H15ClOS. The molecule has 2 rings (SSSR count). The van der Waals surface area contributed by atoms with Crippen LogP contribution in [0.1, 0.15) is 35.0 Å². The molecule has 1 aromatic heterocycles. The van der Waals surface area contributed by atoms with E-state index in [9.17, 15) is 4.79 Å². The van der Waals surface area contributed by atoms with E-state index in [1.54, 1.807) is 11.3 Å². The fourth-order valence-corrected chi connectivity index (χ4v) is 3.09. The lowest BCUT2D eigenvalue weighted by molar-refractivity contribution is 0.0985. The molecule has 3 heteroatoms. The average Bonchev–Trinajstić information content (AvgIpc) is 2.82. The summed E-state index contributed by atoms with van der Waals surface area (Å²) in [5.74, 6) is 0.230. The molecular weight excluding hydrogens is 264 g/mol. The Labute approximate surface area is 116 Å². The van der Waals surface area contributed by atoms with Gasteiger partial charge in [0, 0.05) is 16.3 Å². The summed E-state index contributed by atoms with van der Waals surface area (Å²) < 4.78 is 0. The smallest absolute Gasteiger partial charge is 0.172 e. The van der Waals surface area contributed by atoms with Gasteiger partial charge in [-0.2, -0.15) is 0 Å². The van der Waals surface area contributed by atoms with Crippen molar-refractivity contribution >= 4 is 28.7 Å². The molecule has 94 valence electrons. The minimum absolute atomic E-state index is 0.230. The second-order valence-corrected chi connectivity index (χ2v) is 5.74. The maximum atomic E-state index is 11.8. The van der Waals surface area contributed by atoms with Crippen molar-refractivity contribution in [2.75, 3.05) is 0 Å². The highest BCUT2D eigenvalue weighted by atomic mass is 35.5. The number of benzene rings is 1. The monoisotopic (exact) mass is 278 g/mol. The number of hydrogen-bond acceptors (Lipinski definition) is 2. The van der Waals surface area contributed by atoms with Crippen LogP contribution in [0.5, 0.6) is 0 Å². The molecule has 0 N–H and O–H groups in total. The fraction of sp³-hybridized carbons (Fsp3) is 0.267. The third-order valence-electron chi connectivity index (χ3n) is 2.89. The minimum Gasteiger partial charge on any atom is -0.293 e. The van der Waals surface area contributed by atoms with Crippen LogP contribution in [0.4, 0.5) is 0 Å². The van der Waals surface area contributed by atoms with Crippen LogP contribution in [0.3, 0.4) is 0 Å². The van der Waals surface area contributed by atoms with Gasteiger partial charge in [-0.25, -0.2) is 0 Å². The number of halogens is 1. The first-order chi connectivity index (χ1) is 8.63. The summed E-state index contributed by atoms with van der Waals surface area (Å²) in [6.45, 7) is 4.03. The Morgan fingerprint density at radius 3 is 2.78 bits per heavy atom. The number of rotatable bonds is 4. The van der Waals surface area contributed by atoms with E-state index in [1.165, 1.54) is 0 Å². The Morgan fingerprint density at radius 1 is 1.28 bits per heavy atom. The summed E-state index contributed by atoms with van der Waals surface area (Å²) in [5.41, 5.74) is 2.18. The van der Waals surface area contributed by atoms with E-state index in [4.69, 9.17) is 11.6 Å². The van der Waals surface area contributed by atoms with Gasteiger partial charge >= 0.3 is 0 Å². The van der Waals surface area contributed by atoms with Crippen LogP contribution in [0.2, 0.25) is 5.02 Å². The number of ketones is 1. The van der Waals surface area contributed by atoms with Gasteiger partial charge in [-0.1, -0.05) is 30.7 Å². The van der Waals surface area contributed by atoms with Crippen LogP contribution in [-0.2, 0) is 0 Å². The van der Waals surface area contributed by atoms with E-state index in [-0.39, 0.29) is 5.78 Å². The summed E-state index contributed by atoms with van der Waals surface area (Å²) in [7, 11) is 0. The van der Waals surface area contributed by atoms with Gasteiger partial charge in [0.2, 0.25) is 0 Å². The molecule has 18 heavy (non-hydrogen) atoms. The van der Waals surface area contributed by atoms with Crippen LogP contribution < -0.4 is 0 Å². The van der Waals surface area contributed by atoms with Crippen LogP contribution in [-0.4, -0.2) is 5.78 Å². The summed E-state index contributed by atoms with van der Waals surface area (Å²) >= 11 is 7.67. The molecule has 0 fully saturated rings. The quantitative estimate of drug-likeness (QED) is 0.688. The van der Waals surface area contributed by atoms with Crippen molar-refractivity contribution in [3.8, 4) is 10.4 Å². The molecule has 0 aliphatic heterocycles. The van der Waals surface area contributed by atoms with Crippen LogP contribution in [0, 0.1) is 6.92 Å². The van der Waals surface area contributed by atoms with Gasteiger partial charge in [-0.05, 0) is 42.7 Å². The minimum atomic E-state index is 0.230. The highest BCUT2D eigenvalue weighted by Crippen LogP contribution is 2.33. The van der Waals surface area contributed by atoms with E-state index >= 15 is 0 Å². The van der Waals surface area contributed by atoms with Gasteiger partial charge in [0.1, 0.15) is 0 Å². The lowest BCUT2D eigenvalue weighted by Crippen LogP contribution is -1.93. The second kappa shape index (κ2) is 5.68. The van der Waals surface area contributed by atoms with E-state index in [0.29, 0.717) is 6.42 Å². The first kappa shape index (κ1) is 13.3. The molecule has 0 aliphatic carbocycles. The molecule has 0 saturated heterocycles. The van der Waals surface area contributed by atoms with Crippen molar-refractivity contribution in [1.82, 2.24) is 0 Å². The zero-order valence-corrected chi connectivity index (χ0v) is 12.1. The number of Topliss-reactive ketones (excluding diaryl/α,β-unsaturated/α-hetero) is 1. The predicted molar refractivity (Wildman–Crippen MR) is 78.7 cm³/mol. The molecule has 0 bridgehead atoms. The molecule has 0 amide bonds. The first-order valence-electron chi connectivity index (χ1n) is 6.02. The van der Waals surface area contributed by atoms with E-state index in [2.05, 4.69) is 0 Å². The highest BCUT2D eigenvalue weighted by Gasteiger charge is 2.11. The average molecular weight is 279 g/mol. The summed E-state index contributed by atoms with van der Waals surface area (Å²) in [5, 5.41) is 0.766. The van der Waals surface area contributed by atoms with Gasteiger partial charge in [-0.15, -0.1) is 11.3 Å². The Morgan fingerprint density at radius 2 is 2.06 bits per heavy atom. The molecule has 2 aromatic rings. The maximum absolute atomic E-state index is 11.8. The van der Waals surface area contributed by atoms with Crippen LogP contribution >= 0.6 is 22.9 Å². The summed E-state index contributed by atoms with van der Waals surface area (Å²) in [6, 6.07) is 9.79. The van der Waals surface area contributed by atoms with Crippen LogP contribution in [0.25, 0.3) is 10.4 Å². The lowest BCUT2D eigenvalue weighted by Gasteiger charge is -2.04. The molecule has 1 aromatic carbocycles. The van der Waals surface area contributed by atoms with E-state index in [1.807, 2.05) is 44.2 Å². The number of carbonyl (C=O) groups is 1. The zero-order valence-electron chi connectivity index (χ0n) is 10.5. The molecule has 0 saturated carbocycles. The Hall–Kier alpha value is -1.12. The van der Waals surface area contributed by atoms with Crippen molar-refractivity contribution in [1.29, 1.82) is 0 Å². The third kappa shape index (κ3) is 2.65. The molecule has 1 heterocycles. The van der Waals surface area contributed by atoms with Gasteiger partial charge in [-0.3, -0.25) is 4.79 Å². The normalized spacial score (nSPS) is 10.6. The Balaban J connectivity index is 2.35. The standard InChI is InChI=1S/C15H15ClOS/c1-3-5-13(17)15-9-8-14(18-15)11-6-4-7-12(16)10(11)2/h4,6-9H,3,5H2,1-2H3. The lowest BCUT2D eigenvalue weighted by atomic mass is 10.1. The third-order valence-corrected chi connectivity index (χ3v) is 4.46. The van der Waals surface area contributed by atoms with E-state index < -0.39 is 0 Å². The highest BCUT2D eigenvalue weighted by molar-refractivity contribution is 7.17. The number of carbonyl (C=O) groups excluding carboxylic acids is 1. The van der Waals surface area contributed by atoms with Gasteiger partial charge in [0.25, 0.3) is 0 Å². The number of hydrogen-bond donors (Lipinski definition) is 0. The van der Waals surface area contributed by atoms with Crippen molar-refractivity contribution in [3.63, 3.8) is 0 Å². The Kier molecular flexibility index (Phi) is 4.20. The molecule has 0 unspecified atom stereocenters. The van der Waals surface area contributed by atoms with Gasteiger partial charge in [0.05, 0.1) is 4.88 Å². The summed E-state index contributed by atoms with van der Waals surface area (Å²) in [4.78, 5) is 13.8.